The fraction of sp³-hybridized carbons (Fsp3) is 0.571. The molecule has 0 radical (unpaired) electrons. The molecule has 4 nitrogen and oxygen atoms in total. The number of ether oxygens (including phenoxy) is 3. The van der Waals surface area contributed by atoms with Crippen molar-refractivity contribution < 1.29 is 14.2 Å². The minimum atomic E-state index is 0.438. The van der Waals surface area contributed by atoms with Gasteiger partial charge in [0.15, 0.2) is 11.5 Å². The molecule has 0 spiro atoms. The summed E-state index contributed by atoms with van der Waals surface area (Å²) in [6.07, 6.45) is 2.14. The van der Waals surface area contributed by atoms with Gasteiger partial charge in [-0.05, 0) is 37.9 Å². The Kier molecular flexibility index (Phi) is 4.77. The summed E-state index contributed by atoms with van der Waals surface area (Å²) >= 11 is 6.37. The fourth-order valence-corrected chi connectivity index (χ4v) is 2.95. The van der Waals surface area contributed by atoms with Crippen LogP contribution >= 0.6 is 11.6 Å². The van der Waals surface area contributed by atoms with E-state index in [2.05, 4.69) is 5.32 Å². The molecular weight excluding hydrogens is 266 g/mol. The zero-order chi connectivity index (χ0) is 13.8. The summed E-state index contributed by atoms with van der Waals surface area (Å²) in [5.41, 5.74) is 1.10. The van der Waals surface area contributed by atoms with Crippen molar-refractivity contribution in [1.82, 2.24) is 5.32 Å². The Morgan fingerprint density at radius 3 is 2.21 bits per heavy atom. The van der Waals surface area contributed by atoms with Gasteiger partial charge in [0, 0.05) is 5.56 Å². The van der Waals surface area contributed by atoms with Crippen LogP contribution in [0.5, 0.6) is 17.2 Å². The number of hydrogen-bond acceptors (Lipinski definition) is 4. The van der Waals surface area contributed by atoms with Crippen LogP contribution in [0.3, 0.4) is 0 Å². The molecule has 0 aromatic heterocycles. The molecule has 0 amide bonds. The van der Waals surface area contributed by atoms with Gasteiger partial charge in [-0.15, -0.1) is 0 Å². The van der Waals surface area contributed by atoms with Crippen LogP contribution < -0.4 is 19.5 Å². The molecule has 0 atom stereocenters. The molecule has 0 aliphatic carbocycles. The third-order valence-electron chi connectivity index (χ3n) is 3.58. The second-order valence-electron chi connectivity index (χ2n) is 4.57. The first-order valence-corrected chi connectivity index (χ1v) is 6.79. The molecule has 0 bridgehead atoms. The zero-order valence-electron chi connectivity index (χ0n) is 11.6. The van der Waals surface area contributed by atoms with Gasteiger partial charge in [-0.3, -0.25) is 0 Å². The lowest BCUT2D eigenvalue weighted by molar-refractivity contribution is 0.344. The van der Waals surface area contributed by atoms with Gasteiger partial charge in [-0.1, -0.05) is 11.6 Å². The highest BCUT2D eigenvalue weighted by molar-refractivity contribution is 6.34. The summed E-state index contributed by atoms with van der Waals surface area (Å²) in [7, 11) is 4.83. The van der Waals surface area contributed by atoms with Crippen LogP contribution in [0.4, 0.5) is 0 Å². The maximum absolute atomic E-state index is 6.37. The Bertz CT molecular complexity index is 445. The highest BCUT2D eigenvalue weighted by Crippen LogP contribution is 2.47. The first-order valence-electron chi connectivity index (χ1n) is 6.42. The lowest BCUT2D eigenvalue weighted by Crippen LogP contribution is -2.26. The van der Waals surface area contributed by atoms with Crippen molar-refractivity contribution in [2.24, 2.45) is 0 Å². The number of nitrogens with one attached hydrogen (secondary N) is 1. The van der Waals surface area contributed by atoms with Gasteiger partial charge in [0.25, 0.3) is 0 Å². The molecule has 106 valence electrons. The Balaban J connectivity index is 2.49. The SMILES string of the molecule is COc1cc(C2CCNCC2)c(OC)c(Cl)c1OC. The predicted molar refractivity (Wildman–Crippen MR) is 76.0 cm³/mol. The lowest BCUT2D eigenvalue weighted by atomic mass is 9.89. The largest absolute Gasteiger partial charge is 0.495 e. The maximum atomic E-state index is 6.37. The van der Waals surface area contributed by atoms with Gasteiger partial charge >= 0.3 is 0 Å². The van der Waals surface area contributed by atoms with Crippen molar-refractivity contribution in [3.63, 3.8) is 0 Å². The Labute approximate surface area is 119 Å². The van der Waals surface area contributed by atoms with E-state index < -0.39 is 0 Å². The number of halogens is 1. The average molecular weight is 286 g/mol. The number of methoxy groups -OCH3 is 3. The summed E-state index contributed by atoms with van der Waals surface area (Å²) < 4.78 is 16.2. The third-order valence-corrected chi connectivity index (χ3v) is 3.92. The summed E-state index contributed by atoms with van der Waals surface area (Å²) in [6, 6.07) is 1.99. The van der Waals surface area contributed by atoms with E-state index in [0.717, 1.165) is 31.5 Å². The predicted octanol–water partition coefficient (Wildman–Crippen LogP) is 2.83. The molecule has 1 aromatic rings. The van der Waals surface area contributed by atoms with Crippen molar-refractivity contribution in [1.29, 1.82) is 0 Å². The molecule has 1 N–H and O–H groups in total. The van der Waals surface area contributed by atoms with Crippen molar-refractivity contribution >= 4 is 11.6 Å². The van der Waals surface area contributed by atoms with Gasteiger partial charge < -0.3 is 19.5 Å². The highest BCUT2D eigenvalue weighted by atomic mass is 35.5. The summed E-state index contributed by atoms with van der Waals surface area (Å²) in [6.45, 7) is 2.03. The number of piperidine rings is 1. The molecule has 5 heteroatoms. The minimum absolute atomic E-state index is 0.438. The Morgan fingerprint density at radius 1 is 1.05 bits per heavy atom. The van der Waals surface area contributed by atoms with Gasteiger partial charge in [-0.2, -0.15) is 0 Å². The second-order valence-corrected chi connectivity index (χ2v) is 4.95. The molecule has 1 fully saturated rings. The first kappa shape index (κ1) is 14.3. The lowest BCUT2D eigenvalue weighted by Gasteiger charge is -2.26. The van der Waals surface area contributed by atoms with Crippen molar-refractivity contribution in [3.8, 4) is 17.2 Å². The van der Waals surface area contributed by atoms with E-state index in [1.807, 2.05) is 6.07 Å². The highest BCUT2D eigenvalue weighted by Gasteiger charge is 2.25. The molecule has 1 aliphatic heterocycles. The molecule has 19 heavy (non-hydrogen) atoms. The summed E-state index contributed by atoms with van der Waals surface area (Å²) in [5, 5.41) is 3.84. The summed E-state index contributed by atoms with van der Waals surface area (Å²) in [4.78, 5) is 0. The third kappa shape index (κ3) is 2.74. The van der Waals surface area contributed by atoms with Gasteiger partial charge in [0.2, 0.25) is 0 Å². The van der Waals surface area contributed by atoms with Gasteiger partial charge in [0.05, 0.1) is 21.3 Å². The Morgan fingerprint density at radius 2 is 1.68 bits per heavy atom. The van der Waals surface area contributed by atoms with Crippen LogP contribution in [0.25, 0.3) is 0 Å². The summed E-state index contributed by atoms with van der Waals surface area (Å²) in [5.74, 6) is 2.32. The fourth-order valence-electron chi connectivity index (χ4n) is 2.60. The van der Waals surface area contributed by atoms with Crippen molar-refractivity contribution in [2.75, 3.05) is 34.4 Å². The molecule has 1 aliphatic rings. The van der Waals surface area contributed by atoms with Gasteiger partial charge in [0.1, 0.15) is 10.8 Å². The second kappa shape index (κ2) is 6.35. The number of hydrogen-bond donors (Lipinski definition) is 1. The number of benzene rings is 1. The molecule has 1 heterocycles. The molecular formula is C14H20ClNO3. The Hall–Kier alpha value is -1.13. The molecule has 0 unspecified atom stereocenters. The quantitative estimate of drug-likeness (QED) is 0.923. The average Bonchev–Trinajstić information content (AvgIpc) is 2.47. The van der Waals surface area contributed by atoms with Crippen molar-refractivity contribution in [3.05, 3.63) is 16.7 Å². The van der Waals surface area contributed by atoms with E-state index in [4.69, 9.17) is 25.8 Å². The van der Waals surface area contributed by atoms with E-state index in [0.29, 0.717) is 28.2 Å². The van der Waals surface area contributed by atoms with E-state index in [1.54, 1.807) is 21.3 Å². The van der Waals surface area contributed by atoms with Crippen LogP contribution in [0.15, 0.2) is 6.07 Å². The van der Waals surface area contributed by atoms with Crippen LogP contribution in [0, 0.1) is 0 Å². The normalized spacial score (nSPS) is 16.2. The molecule has 0 saturated carbocycles. The van der Waals surface area contributed by atoms with Gasteiger partial charge in [-0.25, -0.2) is 0 Å². The topological polar surface area (TPSA) is 39.7 Å². The smallest absolute Gasteiger partial charge is 0.183 e. The van der Waals surface area contributed by atoms with Crippen LogP contribution in [-0.2, 0) is 0 Å². The zero-order valence-corrected chi connectivity index (χ0v) is 12.3. The molecule has 1 saturated heterocycles. The van der Waals surface area contributed by atoms with Crippen LogP contribution in [0.1, 0.15) is 24.3 Å². The number of rotatable bonds is 4. The van der Waals surface area contributed by atoms with Crippen LogP contribution in [-0.4, -0.2) is 34.4 Å². The standard InChI is InChI=1S/C14H20ClNO3/c1-17-11-8-10(9-4-6-16-7-5-9)13(18-2)12(15)14(11)19-3/h8-9,16H,4-7H2,1-3H3. The van der Waals surface area contributed by atoms with E-state index in [-0.39, 0.29) is 0 Å². The maximum Gasteiger partial charge on any atom is 0.183 e. The van der Waals surface area contributed by atoms with Crippen LogP contribution in [0.2, 0.25) is 5.02 Å². The minimum Gasteiger partial charge on any atom is -0.495 e. The van der Waals surface area contributed by atoms with E-state index >= 15 is 0 Å². The van der Waals surface area contributed by atoms with E-state index in [1.165, 1.54) is 0 Å². The van der Waals surface area contributed by atoms with Crippen molar-refractivity contribution in [2.45, 2.75) is 18.8 Å². The first-order chi connectivity index (χ1) is 9.22. The molecule has 1 aromatic carbocycles. The molecule has 2 rings (SSSR count). The van der Waals surface area contributed by atoms with E-state index in [9.17, 15) is 0 Å². The monoisotopic (exact) mass is 285 g/mol.